The zero-order valence-corrected chi connectivity index (χ0v) is 13.9. The lowest BCUT2D eigenvalue weighted by Gasteiger charge is -2.11. The summed E-state index contributed by atoms with van der Waals surface area (Å²) in [7, 11) is 0. The first-order valence-corrected chi connectivity index (χ1v) is 7.46. The molecular weight excluding hydrogens is 354 g/mol. The number of phenols is 1. The Kier molecular flexibility index (Phi) is 5.29. The molecule has 0 saturated carbocycles. The van der Waals surface area contributed by atoms with Gasteiger partial charge in [-0.25, -0.2) is 14.4 Å². The third-order valence-corrected chi connectivity index (χ3v) is 3.53. The summed E-state index contributed by atoms with van der Waals surface area (Å²) in [6.07, 6.45) is -3.62. The third kappa shape index (κ3) is 3.66. The van der Waals surface area contributed by atoms with Crippen LogP contribution in [0.1, 0.15) is 41.2 Å². The number of hydrogen-bond donors (Lipinski definition) is 1. The molecular formula is C17H15F4N3O2. The number of rotatable bonds is 5. The summed E-state index contributed by atoms with van der Waals surface area (Å²) in [5.41, 5.74) is -1.56. The number of aliphatic imine (C=N–C) groups is 1. The number of nitrogens with zero attached hydrogens (tertiary/aromatic N) is 3. The van der Waals surface area contributed by atoms with Crippen LogP contribution in [-0.4, -0.2) is 27.2 Å². The van der Waals surface area contributed by atoms with E-state index >= 15 is 0 Å². The van der Waals surface area contributed by atoms with Crippen molar-refractivity contribution in [2.45, 2.75) is 26.4 Å². The molecule has 1 aromatic carbocycles. The smallest absolute Gasteiger partial charge is 0.419 e. The van der Waals surface area contributed by atoms with Crippen LogP contribution in [-0.2, 0) is 12.6 Å². The van der Waals surface area contributed by atoms with E-state index in [0.29, 0.717) is 6.07 Å². The van der Waals surface area contributed by atoms with Gasteiger partial charge >= 0.3 is 6.18 Å². The highest BCUT2D eigenvalue weighted by Crippen LogP contribution is 2.36. The molecule has 0 atom stereocenters. The molecule has 2 rings (SSSR count). The highest BCUT2D eigenvalue weighted by atomic mass is 19.4. The van der Waals surface area contributed by atoms with Crippen molar-refractivity contribution in [1.82, 2.24) is 9.55 Å². The Morgan fingerprint density at radius 1 is 1.42 bits per heavy atom. The van der Waals surface area contributed by atoms with Gasteiger partial charge in [0.05, 0.1) is 11.3 Å². The fourth-order valence-electron chi connectivity index (χ4n) is 2.41. The number of carbonyl (C=O) groups excluding carboxylic acids is 1. The molecule has 0 saturated heterocycles. The van der Waals surface area contributed by atoms with Gasteiger partial charge in [0.25, 0.3) is 0 Å². The number of aryl methyl sites for hydroxylation is 1. The summed E-state index contributed by atoms with van der Waals surface area (Å²) in [5, 5.41) is 9.41. The highest BCUT2D eigenvalue weighted by molar-refractivity contribution is 6.09. The minimum atomic E-state index is -4.84. The number of alkyl halides is 3. The third-order valence-electron chi connectivity index (χ3n) is 3.53. The molecule has 2 aromatic rings. The first-order valence-electron chi connectivity index (χ1n) is 7.46. The molecule has 0 aliphatic heterocycles. The van der Waals surface area contributed by atoms with Crippen LogP contribution in [0.4, 0.5) is 23.5 Å². The Balaban J connectivity index is 2.69. The van der Waals surface area contributed by atoms with Crippen LogP contribution in [0.25, 0.3) is 6.20 Å². The van der Waals surface area contributed by atoms with E-state index in [1.165, 1.54) is 0 Å². The van der Waals surface area contributed by atoms with E-state index in [4.69, 9.17) is 0 Å². The van der Waals surface area contributed by atoms with Crippen molar-refractivity contribution in [2.75, 3.05) is 0 Å². The lowest BCUT2D eigenvalue weighted by Crippen LogP contribution is -2.12. The van der Waals surface area contributed by atoms with Gasteiger partial charge in [0.1, 0.15) is 17.3 Å². The molecule has 0 aliphatic rings. The number of hydrogen-bond acceptors (Lipinski definition) is 4. The Hall–Kier alpha value is -2.97. The van der Waals surface area contributed by atoms with E-state index in [2.05, 4.69) is 16.7 Å². The van der Waals surface area contributed by atoms with Crippen molar-refractivity contribution in [3.63, 3.8) is 0 Å². The zero-order valence-electron chi connectivity index (χ0n) is 13.9. The van der Waals surface area contributed by atoms with Crippen LogP contribution in [0.15, 0.2) is 29.0 Å². The molecule has 0 aliphatic carbocycles. The first kappa shape index (κ1) is 19.4. The van der Waals surface area contributed by atoms with Gasteiger partial charge in [-0.15, -0.1) is 0 Å². The topological polar surface area (TPSA) is 67.5 Å². The molecule has 138 valence electrons. The summed E-state index contributed by atoms with van der Waals surface area (Å²) in [5.74, 6) is -2.53. The molecule has 26 heavy (non-hydrogen) atoms. The van der Waals surface area contributed by atoms with Gasteiger partial charge in [0.15, 0.2) is 0 Å². The molecule has 0 spiro atoms. The lowest BCUT2D eigenvalue weighted by molar-refractivity contribution is -0.138. The quantitative estimate of drug-likeness (QED) is 0.479. The molecule has 0 amide bonds. The average molecular weight is 369 g/mol. The largest absolute Gasteiger partial charge is 0.507 e. The second kappa shape index (κ2) is 7.11. The van der Waals surface area contributed by atoms with Gasteiger partial charge in [-0.1, -0.05) is 6.92 Å². The van der Waals surface area contributed by atoms with Gasteiger partial charge in [0.2, 0.25) is 11.7 Å². The van der Waals surface area contributed by atoms with Crippen LogP contribution in [0.5, 0.6) is 5.75 Å². The number of carbonyl (C=O) groups is 1. The Morgan fingerprint density at radius 3 is 2.58 bits per heavy atom. The highest BCUT2D eigenvalue weighted by Gasteiger charge is 2.35. The van der Waals surface area contributed by atoms with E-state index < -0.39 is 29.1 Å². The van der Waals surface area contributed by atoms with Crippen LogP contribution in [0.3, 0.4) is 0 Å². The van der Waals surface area contributed by atoms with Gasteiger partial charge in [0, 0.05) is 11.8 Å². The molecule has 0 bridgehead atoms. The molecule has 9 heteroatoms. The summed E-state index contributed by atoms with van der Waals surface area (Å²) >= 11 is 0. The maximum atomic E-state index is 13.4. The SMILES string of the molecule is C=Nc1nc(CC)c(C(=O)c2ccc(O)c(C(F)(F)F)c2)n1/C=C(\C)F. The number of benzene rings is 1. The molecule has 5 nitrogen and oxygen atoms in total. The Bertz CT molecular complexity index is 894. The summed E-state index contributed by atoms with van der Waals surface area (Å²) in [6, 6.07) is 2.38. The predicted octanol–water partition coefficient (Wildman–Crippen LogP) is 4.52. The number of allylic oxidation sites excluding steroid dienone is 1. The molecule has 1 heterocycles. The Morgan fingerprint density at radius 2 is 2.08 bits per heavy atom. The zero-order chi connectivity index (χ0) is 19.6. The molecule has 1 N–H and O–H groups in total. The molecule has 1 aromatic heterocycles. The van der Waals surface area contributed by atoms with Gasteiger partial charge < -0.3 is 5.11 Å². The molecule has 0 fully saturated rings. The van der Waals surface area contributed by atoms with Crippen molar-refractivity contribution in [2.24, 2.45) is 4.99 Å². The average Bonchev–Trinajstić information content (AvgIpc) is 2.90. The van der Waals surface area contributed by atoms with Crippen LogP contribution in [0.2, 0.25) is 0 Å². The van der Waals surface area contributed by atoms with Gasteiger partial charge in [-0.2, -0.15) is 13.2 Å². The van der Waals surface area contributed by atoms with Crippen LogP contribution < -0.4 is 0 Å². The van der Waals surface area contributed by atoms with Crippen LogP contribution in [0, 0.1) is 0 Å². The number of imidazole rings is 1. The summed E-state index contributed by atoms with van der Waals surface area (Å²) in [4.78, 5) is 20.5. The number of ketones is 1. The fraction of sp³-hybridized carbons (Fsp3) is 0.235. The fourth-order valence-corrected chi connectivity index (χ4v) is 2.41. The van der Waals surface area contributed by atoms with Gasteiger partial charge in [-0.05, 0) is 38.3 Å². The standard InChI is InChI=1S/C17H15F4N3O2/c1-4-12-14(24(8-9(2)18)16(22-3)23-12)15(26)10-5-6-13(25)11(7-10)17(19,20)21/h5-8,25H,3-4H2,1-2H3/b9-8+. The maximum absolute atomic E-state index is 13.4. The number of aromatic hydroxyl groups is 1. The van der Waals surface area contributed by atoms with E-state index in [1.807, 2.05) is 0 Å². The molecule has 0 radical (unpaired) electrons. The molecule has 0 unspecified atom stereocenters. The summed E-state index contributed by atoms with van der Waals surface area (Å²) < 4.78 is 53.4. The lowest BCUT2D eigenvalue weighted by atomic mass is 10.0. The maximum Gasteiger partial charge on any atom is 0.419 e. The predicted molar refractivity (Wildman–Crippen MR) is 88.4 cm³/mol. The van der Waals surface area contributed by atoms with Crippen molar-refractivity contribution < 1.29 is 27.5 Å². The van der Waals surface area contributed by atoms with Crippen molar-refractivity contribution >= 4 is 24.6 Å². The minimum absolute atomic E-state index is 0.0583. The number of phenolic OH excluding ortho intramolecular Hbond substituents is 1. The minimum Gasteiger partial charge on any atom is -0.507 e. The second-order valence-corrected chi connectivity index (χ2v) is 5.36. The van der Waals surface area contributed by atoms with Crippen molar-refractivity contribution in [1.29, 1.82) is 0 Å². The van der Waals surface area contributed by atoms with Crippen molar-refractivity contribution in [3.05, 3.63) is 46.5 Å². The number of aromatic nitrogens is 2. The van der Waals surface area contributed by atoms with E-state index in [9.17, 15) is 27.5 Å². The first-order chi connectivity index (χ1) is 12.1. The van der Waals surface area contributed by atoms with E-state index in [1.54, 1.807) is 6.92 Å². The van der Waals surface area contributed by atoms with Crippen molar-refractivity contribution in [3.8, 4) is 5.75 Å². The van der Waals surface area contributed by atoms with E-state index in [0.717, 1.165) is 29.8 Å². The van der Waals surface area contributed by atoms with E-state index in [-0.39, 0.29) is 29.3 Å². The monoisotopic (exact) mass is 369 g/mol. The number of halogens is 4. The Labute approximate surface area is 146 Å². The normalized spacial score (nSPS) is 12.3. The van der Waals surface area contributed by atoms with Gasteiger partial charge in [-0.3, -0.25) is 9.36 Å². The van der Waals surface area contributed by atoms with Crippen LogP contribution >= 0.6 is 0 Å². The second-order valence-electron chi connectivity index (χ2n) is 5.36. The summed E-state index contributed by atoms with van der Waals surface area (Å²) in [6.45, 7) is 6.11.